The molecule has 0 atom stereocenters. The van der Waals surface area contributed by atoms with Crippen molar-refractivity contribution in [3.05, 3.63) is 29.3 Å². The van der Waals surface area contributed by atoms with Crippen LogP contribution < -0.4 is 4.90 Å². The minimum absolute atomic E-state index is 0.181. The van der Waals surface area contributed by atoms with E-state index in [1.807, 2.05) is 23.1 Å². The lowest BCUT2D eigenvalue weighted by atomic mass is 10.2. The van der Waals surface area contributed by atoms with Crippen LogP contribution in [0.3, 0.4) is 0 Å². The van der Waals surface area contributed by atoms with Gasteiger partial charge < -0.3 is 14.7 Å². The van der Waals surface area contributed by atoms with E-state index < -0.39 is 0 Å². The van der Waals surface area contributed by atoms with Gasteiger partial charge in [0.25, 0.3) is 0 Å². The largest absolute Gasteiger partial charge is 0.368 e. The number of halogens is 1. The third-order valence-corrected chi connectivity index (χ3v) is 4.96. The second-order valence-corrected chi connectivity index (χ2v) is 6.70. The zero-order valence-electron chi connectivity index (χ0n) is 13.7. The molecule has 0 spiro atoms. The van der Waals surface area contributed by atoms with Gasteiger partial charge in [0.1, 0.15) is 0 Å². The summed E-state index contributed by atoms with van der Waals surface area (Å²) in [5.41, 5.74) is 1.11. The summed E-state index contributed by atoms with van der Waals surface area (Å²) < 4.78 is 0. The molecule has 0 N–H and O–H groups in total. The van der Waals surface area contributed by atoms with E-state index in [1.54, 1.807) is 4.90 Å². The summed E-state index contributed by atoms with van der Waals surface area (Å²) in [6, 6.07) is 7.84. The number of anilines is 1. The zero-order valence-corrected chi connectivity index (χ0v) is 14.5. The molecule has 0 aliphatic carbocycles. The Kier molecular flexibility index (Phi) is 5.58. The SMILES string of the molecule is O=CN1CCN(CC(=O)N2CCN(c3cccc(Cl)c3)CC2)CC1. The smallest absolute Gasteiger partial charge is 0.236 e. The monoisotopic (exact) mass is 350 g/mol. The fourth-order valence-corrected chi connectivity index (χ4v) is 3.39. The first kappa shape index (κ1) is 17.0. The quantitative estimate of drug-likeness (QED) is 0.752. The van der Waals surface area contributed by atoms with Crippen LogP contribution in [0.25, 0.3) is 0 Å². The second-order valence-electron chi connectivity index (χ2n) is 6.27. The van der Waals surface area contributed by atoms with Crippen LogP contribution >= 0.6 is 11.6 Å². The molecule has 2 heterocycles. The molecule has 7 heteroatoms. The Morgan fingerprint density at radius 2 is 1.75 bits per heavy atom. The van der Waals surface area contributed by atoms with E-state index in [4.69, 9.17) is 11.6 Å². The third kappa shape index (κ3) is 4.19. The van der Waals surface area contributed by atoms with Crippen molar-refractivity contribution < 1.29 is 9.59 Å². The molecule has 6 nitrogen and oxygen atoms in total. The van der Waals surface area contributed by atoms with Crippen LogP contribution in [0.15, 0.2) is 24.3 Å². The highest BCUT2D eigenvalue weighted by molar-refractivity contribution is 6.30. The first-order valence-electron chi connectivity index (χ1n) is 8.36. The maximum Gasteiger partial charge on any atom is 0.236 e. The van der Waals surface area contributed by atoms with Crippen LogP contribution in [0, 0.1) is 0 Å². The molecular weight excluding hydrogens is 328 g/mol. The van der Waals surface area contributed by atoms with Gasteiger partial charge in [0.15, 0.2) is 0 Å². The number of amides is 2. The number of carbonyl (C=O) groups is 2. The Hall–Kier alpha value is -1.79. The number of hydrogen-bond donors (Lipinski definition) is 0. The van der Waals surface area contributed by atoms with E-state index in [0.29, 0.717) is 19.6 Å². The van der Waals surface area contributed by atoms with Gasteiger partial charge >= 0.3 is 0 Å². The van der Waals surface area contributed by atoms with Gasteiger partial charge in [-0.1, -0.05) is 17.7 Å². The molecule has 2 aliphatic heterocycles. The van der Waals surface area contributed by atoms with Crippen LogP contribution in [-0.2, 0) is 9.59 Å². The Morgan fingerprint density at radius 1 is 1.04 bits per heavy atom. The normalized spacial score (nSPS) is 19.5. The van der Waals surface area contributed by atoms with Crippen molar-refractivity contribution in [2.24, 2.45) is 0 Å². The van der Waals surface area contributed by atoms with Gasteiger partial charge in [-0.2, -0.15) is 0 Å². The summed E-state index contributed by atoms with van der Waals surface area (Å²) in [5.74, 6) is 0.181. The number of hydrogen-bond acceptors (Lipinski definition) is 4. The fourth-order valence-electron chi connectivity index (χ4n) is 3.21. The van der Waals surface area contributed by atoms with Gasteiger partial charge in [-0.25, -0.2) is 0 Å². The lowest BCUT2D eigenvalue weighted by Crippen LogP contribution is -2.53. The fraction of sp³-hybridized carbons (Fsp3) is 0.529. The van der Waals surface area contributed by atoms with Gasteiger partial charge in [-0.15, -0.1) is 0 Å². The van der Waals surface area contributed by atoms with Crippen LogP contribution in [0.4, 0.5) is 5.69 Å². The number of nitrogens with zero attached hydrogens (tertiary/aromatic N) is 4. The van der Waals surface area contributed by atoms with Crippen molar-refractivity contribution in [2.45, 2.75) is 0 Å². The molecule has 24 heavy (non-hydrogen) atoms. The van der Waals surface area contributed by atoms with Crippen molar-refractivity contribution in [3.63, 3.8) is 0 Å². The van der Waals surface area contributed by atoms with E-state index in [-0.39, 0.29) is 5.91 Å². The van der Waals surface area contributed by atoms with Crippen molar-refractivity contribution in [1.82, 2.24) is 14.7 Å². The molecule has 2 saturated heterocycles. The van der Waals surface area contributed by atoms with E-state index in [2.05, 4.69) is 15.9 Å². The van der Waals surface area contributed by atoms with Crippen LogP contribution in [0.2, 0.25) is 5.02 Å². The first-order valence-corrected chi connectivity index (χ1v) is 8.73. The van der Waals surface area contributed by atoms with E-state index >= 15 is 0 Å². The highest BCUT2D eigenvalue weighted by atomic mass is 35.5. The van der Waals surface area contributed by atoms with E-state index in [0.717, 1.165) is 56.4 Å². The summed E-state index contributed by atoms with van der Waals surface area (Å²) in [5, 5.41) is 0.737. The average Bonchev–Trinajstić information content (AvgIpc) is 2.62. The van der Waals surface area contributed by atoms with Crippen molar-refractivity contribution in [1.29, 1.82) is 0 Å². The van der Waals surface area contributed by atoms with Gasteiger partial charge in [0.2, 0.25) is 12.3 Å². The molecule has 0 unspecified atom stereocenters. The molecule has 130 valence electrons. The Labute approximate surface area is 147 Å². The molecule has 0 saturated carbocycles. The predicted octanol–water partition coefficient (Wildman–Crippen LogP) is 0.763. The summed E-state index contributed by atoms with van der Waals surface area (Å²) in [6.07, 6.45) is 0.883. The number of piperazine rings is 2. The molecule has 0 radical (unpaired) electrons. The van der Waals surface area contributed by atoms with Gasteiger partial charge in [0.05, 0.1) is 6.54 Å². The summed E-state index contributed by atoms with van der Waals surface area (Å²) in [7, 11) is 0. The van der Waals surface area contributed by atoms with Crippen LogP contribution in [-0.4, -0.2) is 85.9 Å². The third-order valence-electron chi connectivity index (χ3n) is 4.72. The van der Waals surface area contributed by atoms with Crippen molar-refractivity contribution >= 4 is 29.6 Å². The highest BCUT2D eigenvalue weighted by Crippen LogP contribution is 2.20. The summed E-state index contributed by atoms with van der Waals surface area (Å²) in [6.45, 7) is 6.53. The molecule has 1 aromatic rings. The molecule has 3 rings (SSSR count). The topological polar surface area (TPSA) is 47.1 Å². The molecule has 2 aliphatic rings. The molecule has 2 fully saturated rings. The van der Waals surface area contributed by atoms with E-state index in [1.165, 1.54) is 0 Å². The van der Waals surface area contributed by atoms with Crippen LogP contribution in [0.5, 0.6) is 0 Å². The lowest BCUT2D eigenvalue weighted by Gasteiger charge is -2.38. The first-order chi connectivity index (χ1) is 11.7. The minimum Gasteiger partial charge on any atom is -0.368 e. The Morgan fingerprint density at radius 3 is 2.38 bits per heavy atom. The summed E-state index contributed by atoms with van der Waals surface area (Å²) >= 11 is 6.05. The Balaban J connectivity index is 1.46. The van der Waals surface area contributed by atoms with Gasteiger partial charge in [-0.05, 0) is 18.2 Å². The molecule has 2 amide bonds. The Bertz CT molecular complexity index is 582. The molecule has 1 aromatic carbocycles. The molecule has 0 bridgehead atoms. The number of rotatable bonds is 4. The van der Waals surface area contributed by atoms with E-state index in [9.17, 15) is 9.59 Å². The molecule has 0 aromatic heterocycles. The predicted molar refractivity (Wildman–Crippen MR) is 94.3 cm³/mol. The zero-order chi connectivity index (χ0) is 16.9. The van der Waals surface area contributed by atoms with Crippen molar-refractivity contribution in [2.75, 3.05) is 63.8 Å². The average molecular weight is 351 g/mol. The maximum absolute atomic E-state index is 12.5. The minimum atomic E-state index is 0.181. The number of benzene rings is 1. The van der Waals surface area contributed by atoms with Crippen molar-refractivity contribution in [3.8, 4) is 0 Å². The van der Waals surface area contributed by atoms with Crippen LogP contribution in [0.1, 0.15) is 0 Å². The second kappa shape index (κ2) is 7.85. The highest BCUT2D eigenvalue weighted by Gasteiger charge is 2.24. The summed E-state index contributed by atoms with van der Waals surface area (Å²) in [4.78, 5) is 31.3. The van der Waals surface area contributed by atoms with Gasteiger partial charge in [-0.3, -0.25) is 14.5 Å². The standard InChI is InChI=1S/C17H23ClN4O2/c18-15-2-1-3-16(12-15)21-8-10-22(11-9-21)17(24)13-19-4-6-20(14-23)7-5-19/h1-3,12,14H,4-11,13H2. The lowest BCUT2D eigenvalue weighted by molar-refractivity contribution is -0.133. The number of carbonyl (C=O) groups excluding carboxylic acids is 2. The maximum atomic E-state index is 12.5. The van der Waals surface area contributed by atoms with Gasteiger partial charge in [0, 0.05) is 63.1 Å². The molecular formula is C17H23ClN4O2.